The Morgan fingerprint density at radius 1 is 1.35 bits per heavy atom. The molecule has 1 aromatic heterocycles. The van der Waals surface area contributed by atoms with Gasteiger partial charge in [0.15, 0.2) is 5.90 Å². The number of hydrogen-bond acceptors (Lipinski definition) is 3. The molecule has 4 heteroatoms. The van der Waals surface area contributed by atoms with E-state index in [4.69, 9.17) is 10.1 Å². The van der Waals surface area contributed by atoms with Gasteiger partial charge < -0.3 is 4.74 Å². The summed E-state index contributed by atoms with van der Waals surface area (Å²) in [6.45, 7) is 3.89. The van der Waals surface area contributed by atoms with E-state index in [0.717, 1.165) is 0 Å². The molecule has 1 heterocycles. The lowest BCUT2D eigenvalue weighted by Gasteiger charge is -2.09. The van der Waals surface area contributed by atoms with Gasteiger partial charge in [-0.2, -0.15) is 0 Å². The number of hydrogen-bond donors (Lipinski definition) is 1. The molecule has 1 aromatic carbocycles. The molecule has 0 radical (unpaired) electrons. The molecule has 0 atom stereocenters. The molecule has 0 saturated carbocycles. The molecular formula is C13H16ClNOS. The minimum Gasteiger partial charge on any atom is -0.478 e. The number of fused-ring (bicyclic) bond motifs is 1. The maximum Gasteiger partial charge on any atom is 0.185 e. The lowest BCUT2D eigenvalue weighted by molar-refractivity contribution is 0.221. The topological polar surface area (TPSA) is 33.1 Å². The van der Waals surface area contributed by atoms with Crippen LogP contribution in [0.25, 0.3) is 10.1 Å². The van der Waals surface area contributed by atoms with Crippen molar-refractivity contribution >= 4 is 39.7 Å². The molecule has 2 rings (SSSR count). The molecule has 0 aliphatic carbocycles. The van der Waals surface area contributed by atoms with Crippen LogP contribution in [0.1, 0.15) is 18.7 Å². The number of nitrogens with one attached hydrogen (secondary N) is 1. The van der Waals surface area contributed by atoms with Crippen LogP contribution in [-0.2, 0) is 11.2 Å². The van der Waals surface area contributed by atoms with Gasteiger partial charge in [-0.15, -0.1) is 23.7 Å². The van der Waals surface area contributed by atoms with E-state index in [1.54, 1.807) is 11.3 Å². The SMILES string of the molecule is CC(C)OC(=N)Cc1cc2ccccc2s1.Cl. The molecular weight excluding hydrogens is 254 g/mol. The molecule has 0 spiro atoms. The van der Waals surface area contributed by atoms with Gasteiger partial charge in [-0.25, -0.2) is 0 Å². The Bertz CT molecular complexity index is 474. The van der Waals surface area contributed by atoms with Crippen LogP contribution >= 0.6 is 23.7 Å². The molecule has 0 fully saturated rings. The van der Waals surface area contributed by atoms with Crippen LogP contribution in [0.2, 0.25) is 0 Å². The second-order valence-corrected chi connectivity index (χ2v) is 5.19. The predicted molar refractivity (Wildman–Crippen MR) is 76.7 cm³/mol. The molecule has 0 unspecified atom stereocenters. The van der Waals surface area contributed by atoms with Crippen molar-refractivity contribution in [1.29, 1.82) is 5.41 Å². The molecule has 17 heavy (non-hydrogen) atoms. The van der Waals surface area contributed by atoms with Crippen LogP contribution < -0.4 is 0 Å². The Kier molecular flexibility index (Phi) is 4.97. The van der Waals surface area contributed by atoms with E-state index in [2.05, 4.69) is 18.2 Å². The summed E-state index contributed by atoms with van der Waals surface area (Å²) in [6, 6.07) is 10.4. The van der Waals surface area contributed by atoms with Crippen molar-refractivity contribution in [2.75, 3.05) is 0 Å². The van der Waals surface area contributed by atoms with Gasteiger partial charge in [0.2, 0.25) is 0 Å². The largest absolute Gasteiger partial charge is 0.478 e. The van der Waals surface area contributed by atoms with Crippen LogP contribution in [0, 0.1) is 5.41 Å². The molecule has 2 nitrogen and oxygen atoms in total. The normalized spacial score (nSPS) is 10.3. The molecule has 0 aliphatic rings. The zero-order valence-corrected chi connectivity index (χ0v) is 11.5. The van der Waals surface area contributed by atoms with E-state index in [0.29, 0.717) is 12.3 Å². The second-order valence-electron chi connectivity index (χ2n) is 4.02. The lowest BCUT2D eigenvalue weighted by atomic mass is 10.2. The Balaban J connectivity index is 0.00000144. The molecule has 92 valence electrons. The smallest absolute Gasteiger partial charge is 0.185 e. The fourth-order valence-corrected chi connectivity index (χ4v) is 2.67. The number of halogens is 1. The third-order valence-corrected chi connectivity index (χ3v) is 3.31. The quantitative estimate of drug-likeness (QED) is 0.655. The van der Waals surface area contributed by atoms with E-state index in [1.165, 1.54) is 15.0 Å². The van der Waals surface area contributed by atoms with E-state index in [1.807, 2.05) is 26.0 Å². The summed E-state index contributed by atoms with van der Waals surface area (Å²) in [6.07, 6.45) is 0.680. The summed E-state index contributed by atoms with van der Waals surface area (Å²) >= 11 is 1.73. The average molecular weight is 270 g/mol. The van der Waals surface area contributed by atoms with Gasteiger partial charge in [-0.05, 0) is 31.4 Å². The summed E-state index contributed by atoms with van der Waals surface area (Å²) in [4.78, 5) is 1.19. The second kappa shape index (κ2) is 6.03. The van der Waals surface area contributed by atoms with E-state index < -0.39 is 0 Å². The Morgan fingerprint density at radius 2 is 2.06 bits per heavy atom. The Hall–Kier alpha value is -1.06. The highest BCUT2D eigenvalue weighted by Gasteiger charge is 2.06. The Morgan fingerprint density at radius 3 is 2.71 bits per heavy atom. The predicted octanol–water partition coefficient (Wildman–Crippen LogP) is 4.27. The standard InChI is InChI=1S/C13H15NOS.ClH/c1-9(2)15-13(14)8-11-7-10-5-3-4-6-12(10)16-11;/h3-7,9,14H,8H2,1-2H3;1H. The zero-order valence-electron chi connectivity index (χ0n) is 9.90. The summed E-state index contributed by atoms with van der Waals surface area (Å²) in [5.74, 6) is 0.349. The van der Waals surface area contributed by atoms with Crippen molar-refractivity contribution in [3.63, 3.8) is 0 Å². The summed E-state index contributed by atoms with van der Waals surface area (Å²) < 4.78 is 6.61. The summed E-state index contributed by atoms with van der Waals surface area (Å²) in [5.41, 5.74) is 0. The van der Waals surface area contributed by atoms with Crippen molar-refractivity contribution in [2.24, 2.45) is 0 Å². The minimum atomic E-state index is 0. The monoisotopic (exact) mass is 269 g/mol. The van der Waals surface area contributed by atoms with E-state index in [9.17, 15) is 0 Å². The van der Waals surface area contributed by atoms with Crippen molar-refractivity contribution in [3.05, 3.63) is 35.2 Å². The zero-order chi connectivity index (χ0) is 11.5. The van der Waals surface area contributed by atoms with Crippen LogP contribution in [0.3, 0.4) is 0 Å². The first-order valence-electron chi connectivity index (χ1n) is 5.36. The first-order valence-corrected chi connectivity index (χ1v) is 6.18. The van der Waals surface area contributed by atoms with E-state index in [-0.39, 0.29) is 18.5 Å². The van der Waals surface area contributed by atoms with Gasteiger partial charge in [0.25, 0.3) is 0 Å². The van der Waals surface area contributed by atoms with E-state index >= 15 is 0 Å². The molecule has 1 N–H and O–H groups in total. The molecule has 0 amide bonds. The highest BCUT2D eigenvalue weighted by atomic mass is 35.5. The molecule has 0 bridgehead atoms. The minimum absolute atomic E-state index is 0. The van der Waals surface area contributed by atoms with Crippen LogP contribution in [0.5, 0.6) is 0 Å². The van der Waals surface area contributed by atoms with Crippen LogP contribution in [0.4, 0.5) is 0 Å². The summed E-state index contributed by atoms with van der Waals surface area (Å²) in [7, 11) is 0. The third kappa shape index (κ3) is 3.72. The average Bonchev–Trinajstić information content (AvgIpc) is 2.57. The van der Waals surface area contributed by atoms with Gasteiger partial charge in [0, 0.05) is 9.58 Å². The van der Waals surface area contributed by atoms with Crippen LogP contribution in [0.15, 0.2) is 30.3 Å². The van der Waals surface area contributed by atoms with Gasteiger partial charge in [-0.3, -0.25) is 5.41 Å². The fraction of sp³-hybridized carbons (Fsp3) is 0.308. The fourth-order valence-electron chi connectivity index (χ4n) is 1.61. The number of benzene rings is 1. The maximum atomic E-state index is 7.71. The highest BCUT2D eigenvalue weighted by molar-refractivity contribution is 7.19. The first kappa shape index (κ1) is 14.0. The molecule has 2 aromatic rings. The lowest BCUT2D eigenvalue weighted by Crippen LogP contribution is -2.12. The van der Waals surface area contributed by atoms with Gasteiger partial charge in [0.1, 0.15) is 0 Å². The van der Waals surface area contributed by atoms with Crippen molar-refractivity contribution < 1.29 is 4.74 Å². The van der Waals surface area contributed by atoms with Gasteiger partial charge >= 0.3 is 0 Å². The molecule has 0 saturated heterocycles. The van der Waals surface area contributed by atoms with Gasteiger partial charge in [-0.1, -0.05) is 18.2 Å². The Labute approximate surface area is 112 Å². The number of rotatable bonds is 3. The first-order chi connectivity index (χ1) is 7.65. The number of thiophene rings is 1. The summed E-state index contributed by atoms with van der Waals surface area (Å²) in [5, 5.41) is 8.96. The highest BCUT2D eigenvalue weighted by Crippen LogP contribution is 2.25. The molecule has 0 aliphatic heterocycles. The van der Waals surface area contributed by atoms with Crippen LogP contribution in [-0.4, -0.2) is 12.0 Å². The van der Waals surface area contributed by atoms with Crippen molar-refractivity contribution in [3.8, 4) is 0 Å². The number of ether oxygens (including phenoxy) is 1. The van der Waals surface area contributed by atoms with Crippen molar-refractivity contribution in [2.45, 2.75) is 26.4 Å². The van der Waals surface area contributed by atoms with Crippen molar-refractivity contribution in [1.82, 2.24) is 0 Å². The third-order valence-electron chi connectivity index (χ3n) is 2.19. The maximum absolute atomic E-state index is 7.71. The van der Waals surface area contributed by atoms with Gasteiger partial charge in [0.05, 0.1) is 12.5 Å².